The Hall–Kier alpha value is -1.95. The van der Waals surface area contributed by atoms with Crippen LogP contribution >= 0.6 is 0 Å². The van der Waals surface area contributed by atoms with Crippen molar-refractivity contribution in [2.24, 2.45) is 0 Å². The molecule has 2 atom stereocenters. The Kier molecular flexibility index (Phi) is 4.68. The third-order valence-corrected chi connectivity index (χ3v) is 3.38. The van der Waals surface area contributed by atoms with Crippen LogP contribution in [0.4, 0.5) is 0 Å². The first-order valence-electron chi connectivity index (χ1n) is 6.70. The highest BCUT2D eigenvalue weighted by Gasteiger charge is 2.34. The predicted octanol–water partition coefficient (Wildman–Crippen LogP) is 0.892. The van der Waals surface area contributed by atoms with Gasteiger partial charge in [0, 0.05) is 6.20 Å². The van der Waals surface area contributed by atoms with Crippen molar-refractivity contribution in [3.8, 4) is 0 Å². The van der Waals surface area contributed by atoms with Crippen LogP contribution in [0.3, 0.4) is 0 Å². The summed E-state index contributed by atoms with van der Waals surface area (Å²) in [6.07, 6.45) is 1.80. The van der Waals surface area contributed by atoms with Crippen molar-refractivity contribution in [1.29, 1.82) is 0 Å². The van der Waals surface area contributed by atoms with Gasteiger partial charge in [-0.2, -0.15) is 0 Å². The topological polar surface area (TPSA) is 88.5 Å². The Morgan fingerprint density at radius 1 is 1.45 bits per heavy atom. The van der Waals surface area contributed by atoms with Crippen LogP contribution in [0.25, 0.3) is 0 Å². The predicted molar refractivity (Wildman–Crippen MR) is 71.0 cm³/mol. The van der Waals surface area contributed by atoms with Crippen molar-refractivity contribution in [2.75, 3.05) is 0 Å². The number of aryl methyl sites for hydroxylation is 1. The number of nitrogens with one attached hydrogen (secondary N) is 1. The zero-order valence-corrected chi connectivity index (χ0v) is 11.3. The summed E-state index contributed by atoms with van der Waals surface area (Å²) in [4.78, 5) is 26.9. The molecule has 1 aliphatic heterocycles. The van der Waals surface area contributed by atoms with Crippen molar-refractivity contribution < 1.29 is 19.4 Å². The molecule has 0 bridgehead atoms. The number of hydrogen-bond acceptors (Lipinski definition) is 4. The minimum absolute atomic E-state index is 0.276. The summed E-state index contributed by atoms with van der Waals surface area (Å²) in [5.41, 5.74) is 1.92. The van der Waals surface area contributed by atoms with Crippen LogP contribution in [0.15, 0.2) is 18.3 Å². The number of carbonyl (C=O) groups is 2. The van der Waals surface area contributed by atoms with Crippen molar-refractivity contribution in [1.82, 2.24) is 10.3 Å². The molecule has 2 N–H and O–H groups in total. The van der Waals surface area contributed by atoms with Crippen LogP contribution in [0, 0.1) is 0 Å². The monoisotopic (exact) mass is 278 g/mol. The van der Waals surface area contributed by atoms with Crippen LogP contribution in [0.2, 0.25) is 0 Å². The molecule has 1 amide bonds. The quantitative estimate of drug-likeness (QED) is 0.835. The second-order valence-corrected chi connectivity index (χ2v) is 4.71. The van der Waals surface area contributed by atoms with Gasteiger partial charge in [0.25, 0.3) is 0 Å². The fourth-order valence-electron chi connectivity index (χ4n) is 2.25. The molecule has 1 fully saturated rings. The zero-order chi connectivity index (χ0) is 14.5. The second-order valence-electron chi connectivity index (χ2n) is 4.71. The molecule has 0 aliphatic carbocycles. The number of carboxylic acids is 1. The number of nitrogens with zero attached hydrogens (tertiary/aromatic N) is 1. The van der Waals surface area contributed by atoms with Crippen molar-refractivity contribution >= 4 is 11.9 Å². The molecule has 0 radical (unpaired) electrons. The molecule has 108 valence electrons. The Balaban J connectivity index is 1.88. The van der Waals surface area contributed by atoms with E-state index in [0.29, 0.717) is 19.4 Å². The van der Waals surface area contributed by atoms with Gasteiger partial charge in [-0.25, -0.2) is 4.79 Å². The van der Waals surface area contributed by atoms with E-state index in [-0.39, 0.29) is 5.91 Å². The molecular formula is C14H18N2O4. The largest absolute Gasteiger partial charge is 0.479 e. The molecule has 6 nitrogen and oxygen atoms in total. The average Bonchev–Trinajstić information content (AvgIpc) is 2.95. The summed E-state index contributed by atoms with van der Waals surface area (Å²) >= 11 is 0. The van der Waals surface area contributed by atoms with E-state index < -0.39 is 18.2 Å². The lowest BCUT2D eigenvalue weighted by Crippen LogP contribution is -2.35. The van der Waals surface area contributed by atoms with E-state index in [0.717, 1.165) is 17.7 Å². The number of pyridine rings is 1. The lowest BCUT2D eigenvalue weighted by atomic mass is 10.1. The summed E-state index contributed by atoms with van der Waals surface area (Å²) in [6.45, 7) is 2.36. The molecule has 0 aromatic carbocycles. The van der Waals surface area contributed by atoms with Gasteiger partial charge in [-0.3, -0.25) is 9.78 Å². The molecule has 0 unspecified atom stereocenters. The molecule has 1 aliphatic rings. The molecule has 20 heavy (non-hydrogen) atoms. The van der Waals surface area contributed by atoms with Crippen molar-refractivity contribution in [2.45, 2.75) is 44.9 Å². The number of aromatic nitrogens is 1. The first-order chi connectivity index (χ1) is 9.61. The van der Waals surface area contributed by atoms with Crippen LogP contribution in [-0.4, -0.2) is 34.2 Å². The van der Waals surface area contributed by atoms with E-state index in [1.54, 1.807) is 6.20 Å². The van der Waals surface area contributed by atoms with Gasteiger partial charge >= 0.3 is 5.97 Å². The van der Waals surface area contributed by atoms with Crippen molar-refractivity contribution in [3.05, 3.63) is 29.6 Å². The van der Waals surface area contributed by atoms with E-state index in [1.807, 2.05) is 19.1 Å². The molecule has 1 aromatic heterocycles. The number of amides is 1. The number of aliphatic carboxylic acids is 1. The first kappa shape index (κ1) is 14.5. The van der Waals surface area contributed by atoms with Gasteiger partial charge in [-0.15, -0.1) is 0 Å². The van der Waals surface area contributed by atoms with E-state index in [2.05, 4.69) is 10.3 Å². The Morgan fingerprint density at radius 2 is 2.20 bits per heavy atom. The molecule has 0 spiro atoms. The minimum Gasteiger partial charge on any atom is -0.479 e. The summed E-state index contributed by atoms with van der Waals surface area (Å²) < 4.78 is 5.20. The Bertz CT molecular complexity index is 504. The lowest BCUT2D eigenvalue weighted by Gasteiger charge is -2.12. The molecule has 0 saturated carbocycles. The third kappa shape index (κ3) is 3.33. The number of rotatable bonds is 5. The fraction of sp³-hybridized carbons (Fsp3) is 0.500. The van der Waals surface area contributed by atoms with E-state index in [1.165, 1.54) is 0 Å². The van der Waals surface area contributed by atoms with Gasteiger partial charge in [-0.1, -0.05) is 13.0 Å². The molecule has 6 heteroatoms. The van der Waals surface area contributed by atoms with Crippen LogP contribution in [0.1, 0.15) is 31.0 Å². The second kappa shape index (κ2) is 6.47. The SMILES string of the molecule is CCc1cccnc1CNC(=O)[C@@H]1CC[C@H](C(=O)O)O1. The average molecular weight is 278 g/mol. The van der Waals surface area contributed by atoms with Gasteiger partial charge < -0.3 is 15.2 Å². The smallest absolute Gasteiger partial charge is 0.332 e. The third-order valence-electron chi connectivity index (χ3n) is 3.38. The molecule has 1 saturated heterocycles. The van der Waals surface area contributed by atoms with Gasteiger partial charge in [0.05, 0.1) is 12.2 Å². The maximum atomic E-state index is 11.9. The summed E-state index contributed by atoms with van der Waals surface area (Å²) in [5.74, 6) is -1.29. The maximum Gasteiger partial charge on any atom is 0.332 e. The molecule has 2 rings (SSSR count). The minimum atomic E-state index is -1.02. The van der Waals surface area contributed by atoms with E-state index in [4.69, 9.17) is 9.84 Å². The molecular weight excluding hydrogens is 260 g/mol. The molecule has 1 aromatic rings. The lowest BCUT2D eigenvalue weighted by molar-refractivity contribution is -0.151. The number of carbonyl (C=O) groups excluding carboxylic acids is 1. The van der Waals surface area contributed by atoms with Crippen molar-refractivity contribution in [3.63, 3.8) is 0 Å². The van der Waals surface area contributed by atoms with E-state index >= 15 is 0 Å². The summed E-state index contributed by atoms with van der Waals surface area (Å²) in [7, 11) is 0. The highest BCUT2D eigenvalue weighted by molar-refractivity contribution is 5.82. The normalized spacial score (nSPS) is 21.6. The highest BCUT2D eigenvalue weighted by atomic mass is 16.5. The van der Waals surface area contributed by atoms with Crippen LogP contribution < -0.4 is 5.32 Å². The van der Waals surface area contributed by atoms with Crippen LogP contribution in [-0.2, 0) is 27.3 Å². The van der Waals surface area contributed by atoms with Gasteiger partial charge in [0.2, 0.25) is 5.91 Å². The van der Waals surface area contributed by atoms with Gasteiger partial charge in [-0.05, 0) is 30.9 Å². The number of hydrogen-bond donors (Lipinski definition) is 2. The Labute approximate surface area is 117 Å². The molecule has 2 heterocycles. The number of ether oxygens (including phenoxy) is 1. The van der Waals surface area contributed by atoms with E-state index in [9.17, 15) is 9.59 Å². The van der Waals surface area contributed by atoms with Gasteiger partial charge in [0.15, 0.2) is 6.10 Å². The zero-order valence-electron chi connectivity index (χ0n) is 11.3. The maximum absolute atomic E-state index is 11.9. The van der Waals surface area contributed by atoms with Gasteiger partial charge in [0.1, 0.15) is 6.10 Å². The summed E-state index contributed by atoms with van der Waals surface area (Å²) in [5, 5.41) is 11.6. The highest BCUT2D eigenvalue weighted by Crippen LogP contribution is 2.20. The Morgan fingerprint density at radius 3 is 2.85 bits per heavy atom. The first-order valence-corrected chi connectivity index (χ1v) is 6.70. The summed E-state index contributed by atoms with van der Waals surface area (Å²) in [6, 6.07) is 3.84. The number of carboxylic acid groups (broad SMARTS) is 1. The standard InChI is InChI=1S/C14H18N2O4/c1-2-9-4-3-7-15-10(9)8-16-13(17)11-5-6-12(20-11)14(18)19/h3-4,7,11-12H,2,5-6,8H2,1H3,(H,16,17)(H,18,19)/t11-,12+/m0/s1. The fourth-order valence-corrected chi connectivity index (χ4v) is 2.25. The van der Waals surface area contributed by atoms with Crippen LogP contribution in [0.5, 0.6) is 0 Å².